The minimum absolute atomic E-state index is 0.146. The molecule has 146 valence electrons. The van der Waals surface area contributed by atoms with Crippen LogP contribution in [0.2, 0.25) is 0 Å². The molecule has 0 aliphatic carbocycles. The van der Waals surface area contributed by atoms with Crippen molar-refractivity contribution in [3.05, 3.63) is 29.8 Å². The Kier molecular flexibility index (Phi) is 7.61. The van der Waals surface area contributed by atoms with Gasteiger partial charge in [-0.3, -0.25) is 4.79 Å². The number of likely N-dealkylation sites (tertiary alicyclic amines) is 1. The summed E-state index contributed by atoms with van der Waals surface area (Å²) >= 11 is 0. The molecule has 0 radical (unpaired) electrons. The maximum absolute atomic E-state index is 12.6. The van der Waals surface area contributed by atoms with Crippen molar-refractivity contribution in [3.8, 4) is 0 Å². The van der Waals surface area contributed by atoms with E-state index in [2.05, 4.69) is 10.2 Å². The summed E-state index contributed by atoms with van der Waals surface area (Å²) in [6.45, 7) is 7.52. The zero-order chi connectivity index (χ0) is 19.2. The molecule has 0 unspecified atom stereocenters. The lowest BCUT2D eigenvalue weighted by atomic mass is 10.1. The van der Waals surface area contributed by atoms with Gasteiger partial charge in [0.05, 0.1) is 4.90 Å². The number of hydrogen-bond donors (Lipinski definition) is 1. The fourth-order valence-electron chi connectivity index (χ4n) is 3.03. The first-order valence-electron chi connectivity index (χ1n) is 9.41. The van der Waals surface area contributed by atoms with Crippen LogP contribution in [0.15, 0.2) is 29.2 Å². The Labute approximate surface area is 157 Å². The summed E-state index contributed by atoms with van der Waals surface area (Å²) < 4.78 is 26.5. The molecule has 1 aliphatic heterocycles. The highest BCUT2D eigenvalue weighted by Gasteiger charge is 2.23. The van der Waals surface area contributed by atoms with Gasteiger partial charge in [-0.05, 0) is 70.9 Å². The Balaban J connectivity index is 1.91. The number of hydrogen-bond acceptors (Lipinski definition) is 4. The predicted octanol–water partition coefficient (Wildman–Crippen LogP) is 2.32. The van der Waals surface area contributed by atoms with Crippen molar-refractivity contribution < 1.29 is 13.2 Å². The molecular formula is C19H31N3O3S. The van der Waals surface area contributed by atoms with E-state index in [0.717, 1.165) is 26.1 Å². The average Bonchev–Trinajstić information content (AvgIpc) is 2.65. The van der Waals surface area contributed by atoms with Gasteiger partial charge < -0.3 is 10.2 Å². The monoisotopic (exact) mass is 381 g/mol. The molecule has 1 saturated heterocycles. The van der Waals surface area contributed by atoms with E-state index in [4.69, 9.17) is 0 Å². The van der Waals surface area contributed by atoms with Crippen molar-refractivity contribution in [2.75, 3.05) is 33.2 Å². The van der Waals surface area contributed by atoms with E-state index in [1.807, 2.05) is 13.8 Å². The van der Waals surface area contributed by atoms with Crippen molar-refractivity contribution in [1.29, 1.82) is 0 Å². The van der Waals surface area contributed by atoms with Crippen LogP contribution in [0.3, 0.4) is 0 Å². The highest BCUT2D eigenvalue weighted by atomic mass is 32.2. The molecule has 1 aromatic rings. The average molecular weight is 382 g/mol. The van der Waals surface area contributed by atoms with Crippen molar-refractivity contribution in [2.45, 2.75) is 50.5 Å². The molecule has 0 aromatic heterocycles. The van der Waals surface area contributed by atoms with Gasteiger partial charge in [0, 0.05) is 25.2 Å². The summed E-state index contributed by atoms with van der Waals surface area (Å²) in [7, 11) is -2.04. The van der Waals surface area contributed by atoms with Crippen LogP contribution in [-0.4, -0.2) is 62.8 Å². The minimum atomic E-state index is -3.59. The molecule has 1 N–H and O–H groups in total. The van der Waals surface area contributed by atoms with Crippen LogP contribution in [-0.2, 0) is 10.0 Å². The molecular weight excluding hydrogens is 350 g/mol. The van der Waals surface area contributed by atoms with E-state index in [0.29, 0.717) is 12.1 Å². The quantitative estimate of drug-likeness (QED) is 0.702. The second-order valence-electron chi connectivity index (χ2n) is 7.15. The number of benzene rings is 1. The molecule has 0 atom stereocenters. The third-order valence-corrected chi connectivity index (χ3v) is 6.92. The predicted molar refractivity (Wildman–Crippen MR) is 104 cm³/mol. The van der Waals surface area contributed by atoms with E-state index < -0.39 is 10.0 Å². The largest absolute Gasteiger partial charge is 0.352 e. The highest BCUT2D eigenvalue weighted by molar-refractivity contribution is 7.89. The van der Waals surface area contributed by atoms with E-state index in [1.165, 1.54) is 35.7 Å². The van der Waals surface area contributed by atoms with Gasteiger partial charge >= 0.3 is 0 Å². The second-order valence-corrected chi connectivity index (χ2v) is 9.15. The highest BCUT2D eigenvalue weighted by Crippen LogP contribution is 2.18. The lowest BCUT2D eigenvalue weighted by Crippen LogP contribution is -2.34. The first kappa shape index (κ1) is 20.9. The zero-order valence-corrected chi connectivity index (χ0v) is 16.9. The Morgan fingerprint density at radius 3 is 2.58 bits per heavy atom. The molecule has 7 heteroatoms. The molecule has 1 aliphatic rings. The van der Waals surface area contributed by atoms with Gasteiger partial charge in [-0.2, -0.15) is 4.31 Å². The van der Waals surface area contributed by atoms with Crippen LogP contribution in [0, 0.1) is 0 Å². The van der Waals surface area contributed by atoms with Crippen LogP contribution in [0.25, 0.3) is 0 Å². The molecule has 2 rings (SSSR count). The summed E-state index contributed by atoms with van der Waals surface area (Å²) in [5.41, 5.74) is 0.376. The molecule has 0 spiro atoms. The van der Waals surface area contributed by atoms with Crippen molar-refractivity contribution in [2.24, 2.45) is 0 Å². The van der Waals surface area contributed by atoms with Gasteiger partial charge in [-0.25, -0.2) is 8.42 Å². The summed E-state index contributed by atoms with van der Waals surface area (Å²) in [5.74, 6) is -0.229. The minimum Gasteiger partial charge on any atom is -0.352 e. The van der Waals surface area contributed by atoms with Gasteiger partial charge in [0.2, 0.25) is 10.0 Å². The van der Waals surface area contributed by atoms with Gasteiger partial charge in [0.15, 0.2) is 0 Å². The summed E-state index contributed by atoms with van der Waals surface area (Å²) in [4.78, 5) is 14.9. The van der Waals surface area contributed by atoms with Gasteiger partial charge in [-0.1, -0.05) is 12.5 Å². The van der Waals surface area contributed by atoms with Crippen LogP contribution >= 0.6 is 0 Å². The standard InChI is InChI=1S/C19H31N3O3S/c1-16(2)21(3)26(24,25)18-10-7-9-17(15-18)19(23)20-11-8-14-22-12-5-4-6-13-22/h7,9-10,15-16H,4-6,8,11-14H2,1-3H3,(H,20,23). The number of amides is 1. The van der Waals surface area contributed by atoms with Gasteiger partial charge in [0.25, 0.3) is 5.91 Å². The third kappa shape index (κ3) is 5.53. The van der Waals surface area contributed by atoms with Crippen LogP contribution < -0.4 is 5.32 Å². The Bertz CT molecular complexity index is 698. The summed E-state index contributed by atoms with van der Waals surface area (Å²) in [6.07, 6.45) is 4.75. The van der Waals surface area contributed by atoms with Crippen LogP contribution in [0.5, 0.6) is 0 Å². The summed E-state index contributed by atoms with van der Waals surface area (Å²) in [6, 6.07) is 6.10. The lowest BCUT2D eigenvalue weighted by Gasteiger charge is -2.26. The zero-order valence-electron chi connectivity index (χ0n) is 16.1. The maximum atomic E-state index is 12.6. The molecule has 1 amide bonds. The Morgan fingerprint density at radius 1 is 1.23 bits per heavy atom. The number of nitrogens with one attached hydrogen (secondary N) is 1. The number of carbonyl (C=O) groups excluding carboxylic acids is 1. The molecule has 1 aromatic carbocycles. The fourth-order valence-corrected chi connectivity index (χ4v) is 4.45. The number of sulfonamides is 1. The number of carbonyl (C=O) groups is 1. The fraction of sp³-hybridized carbons (Fsp3) is 0.632. The molecule has 1 heterocycles. The number of piperidine rings is 1. The molecule has 1 fully saturated rings. The van der Waals surface area contributed by atoms with Crippen LogP contribution in [0.4, 0.5) is 0 Å². The first-order valence-corrected chi connectivity index (χ1v) is 10.8. The van der Waals surface area contributed by atoms with Crippen molar-refractivity contribution in [1.82, 2.24) is 14.5 Å². The normalized spacial score (nSPS) is 16.2. The van der Waals surface area contributed by atoms with E-state index in [9.17, 15) is 13.2 Å². The summed E-state index contributed by atoms with van der Waals surface area (Å²) in [5, 5.41) is 2.90. The number of rotatable bonds is 8. The SMILES string of the molecule is CC(C)N(C)S(=O)(=O)c1cccc(C(=O)NCCCN2CCCCC2)c1. The smallest absolute Gasteiger partial charge is 0.251 e. The van der Waals surface area contributed by atoms with E-state index >= 15 is 0 Å². The van der Waals surface area contributed by atoms with Crippen molar-refractivity contribution in [3.63, 3.8) is 0 Å². The molecule has 0 saturated carbocycles. The Hall–Kier alpha value is -1.44. The van der Waals surface area contributed by atoms with E-state index in [-0.39, 0.29) is 16.8 Å². The maximum Gasteiger partial charge on any atom is 0.251 e. The Morgan fingerprint density at radius 2 is 1.92 bits per heavy atom. The topological polar surface area (TPSA) is 69.7 Å². The van der Waals surface area contributed by atoms with Gasteiger partial charge in [-0.15, -0.1) is 0 Å². The molecule has 26 heavy (non-hydrogen) atoms. The van der Waals surface area contributed by atoms with Crippen molar-refractivity contribution >= 4 is 15.9 Å². The van der Waals surface area contributed by atoms with E-state index in [1.54, 1.807) is 19.2 Å². The lowest BCUT2D eigenvalue weighted by molar-refractivity contribution is 0.0951. The number of nitrogens with zero attached hydrogens (tertiary/aromatic N) is 2. The molecule has 0 bridgehead atoms. The van der Waals surface area contributed by atoms with Crippen LogP contribution in [0.1, 0.15) is 49.9 Å². The van der Waals surface area contributed by atoms with Gasteiger partial charge in [0.1, 0.15) is 0 Å². The third-order valence-electron chi connectivity index (χ3n) is 4.89. The molecule has 6 nitrogen and oxygen atoms in total. The first-order chi connectivity index (χ1) is 12.3. The second kappa shape index (κ2) is 9.48.